The molecule has 1 aromatic carbocycles. The largest absolute Gasteiger partial charge is 0.494 e. The van der Waals surface area contributed by atoms with Gasteiger partial charge in [-0.05, 0) is 17.5 Å². The van der Waals surface area contributed by atoms with Gasteiger partial charge in [-0.25, -0.2) is 0 Å². The summed E-state index contributed by atoms with van der Waals surface area (Å²) in [6.07, 6.45) is 0. The highest BCUT2D eigenvalue weighted by atomic mass is 16.5. The minimum absolute atomic E-state index is 0.177. The van der Waals surface area contributed by atoms with E-state index in [-0.39, 0.29) is 11.4 Å². The molecule has 0 spiro atoms. The number of aromatic amines is 1. The summed E-state index contributed by atoms with van der Waals surface area (Å²) < 4.78 is 10.2. The van der Waals surface area contributed by atoms with Gasteiger partial charge in [0.25, 0.3) is 5.56 Å². The fourth-order valence-corrected chi connectivity index (χ4v) is 1.58. The smallest absolute Gasteiger partial charge is 0.251 e. The predicted molar refractivity (Wildman–Crippen MR) is 59.3 cm³/mol. The molecule has 0 unspecified atom stereocenters. The van der Waals surface area contributed by atoms with Gasteiger partial charge in [-0.1, -0.05) is 0 Å². The molecule has 0 atom stereocenters. The second-order valence-electron chi connectivity index (χ2n) is 3.28. The van der Waals surface area contributed by atoms with Gasteiger partial charge in [0.05, 0.1) is 14.2 Å². The standard InChI is InChI=1S/C11H11NO4/c1-15-8-3-6-4-10(13)12-11(14)7(6)5-9(8)16-2/h3-5H,1-2H3,(H2,12,13,14). The maximum absolute atomic E-state index is 11.2. The van der Waals surface area contributed by atoms with Crippen LogP contribution >= 0.6 is 0 Å². The molecular formula is C11H11NO4. The first-order chi connectivity index (χ1) is 7.65. The minimum atomic E-state index is -0.364. The van der Waals surface area contributed by atoms with Gasteiger partial charge in [0.2, 0.25) is 0 Å². The van der Waals surface area contributed by atoms with Crippen LogP contribution in [0.4, 0.5) is 0 Å². The summed E-state index contributed by atoms with van der Waals surface area (Å²) in [5.74, 6) is 0.834. The van der Waals surface area contributed by atoms with Crippen molar-refractivity contribution in [2.75, 3.05) is 14.2 Å². The number of methoxy groups -OCH3 is 2. The van der Waals surface area contributed by atoms with Crippen LogP contribution in [-0.4, -0.2) is 24.3 Å². The molecular weight excluding hydrogens is 210 g/mol. The fraction of sp³-hybridized carbons (Fsp3) is 0.182. The molecule has 84 valence electrons. The quantitative estimate of drug-likeness (QED) is 0.800. The van der Waals surface area contributed by atoms with Crippen molar-refractivity contribution in [2.24, 2.45) is 0 Å². The number of aromatic hydroxyl groups is 1. The molecule has 5 nitrogen and oxygen atoms in total. The van der Waals surface area contributed by atoms with Crippen molar-refractivity contribution < 1.29 is 14.6 Å². The van der Waals surface area contributed by atoms with Gasteiger partial charge in [0, 0.05) is 11.5 Å². The molecule has 1 aromatic heterocycles. The summed E-state index contributed by atoms with van der Waals surface area (Å²) in [7, 11) is 3.02. The lowest BCUT2D eigenvalue weighted by atomic mass is 10.1. The Hall–Kier alpha value is -2.17. The van der Waals surface area contributed by atoms with Crippen molar-refractivity contribution in [1.29, 1.82) is 0 Å². The number of benzene rings is 1. The predicted octanol–water partition coefficient (Wildman–Crippen LogP) is 1.25. The van der Waals surface area contributed by atoms with Crippen LogP contribution in [0.5, 0.6) is 17.4 Å². The lowest BCUT2D eigenvalue weighted by molar-refractivity contribution is 0.355. The third-order valence-corrected chi connectivity index (χ3v) is 2.34. The van der Waals surface area contributed by atoms with E-state index in [0.717, 1.165) is 0 Å². The van der Waals surface area contributed by atoms with Crippen LogP contribution in [0.3, 0.4) is 0 Å². The van der Waals surface area contributed by atoms with Gasteiger partial charge < -0.3 is 14.6 Å². The average Bonchev–Trinajstić information content (AvgIpc) is 2.27. The summed E-state index contributed by atoms with van der Waals surface area (Å²) in [6.45, 7) is 0. The normalized spacial score (nSPS) is 10.4. The molecule has 16 heavy (non-hydrogen) atoms. The number of H-pyrrole nitrogens is 1. The number of aromatic nitrogens is 1. The first-order valence-electron chi connectivity index (χ1n) is 4.63. The van der Waals surface area contributed by atoms with E-state index in [1.165, 1.54) is 20.3 Å². The van der Waals surface area contributed by atoms with E-state index < -0.39 is 0 Å². The highest BCUT2D eigenvalue weighted by Gasteiger charge is 2.09. The Bertz CT molecular complexity index is 588. The van der Waals surface area contributed by atoms with Crippen LogP contribution in [0.2, 0.25) is 0 Å². The van der Waals surface area contributed by atoms with E-state index in [0.29, 0.717) is 22.3 Å². The van der Waals surface area contributed by atoms with Crippen molar-refractivity contribution in [1.82, 2.24) is 4.98 Å². The topological polar surface area (TPSA) is 71.6 Å². The van der Waals surface area contributed by atoms with E-state index >= 15 is 0 Å². The molecule has 1 heterocycles. The van der Waals surface area contributed by atoms with Crippen molar-refractivity contribution in [3.63, 3.8) is 0 Å². The van der Waals surface area contributed by atoms with E-state index in [4.69, 9.17) is 9.47 Å². The molecule has 5 heteroatoms. The molecule has 0 saturated heterocycles. The molecule has 0 aliphatic carbocycles. The van der Waals surface area contributed by atoms with Crippen LogP contribution in [0.1, 0.15) is 0 Å². The number of ether oxygens (including phenoxy) is 2. The zero-order chi connectivity index (χ0) is 11.7. The zero-order valence-corrected chi connectivity index (χ0v) is 8.90. The van der Waals surface area contributed by atoms with Gasteiger partial charge in [0.1, 0.15) is 0 Å². The summed E-state index contributed by atoms with van der Waals surface area (Å²) in [4.78, 5) is 13.5. The number of fused-ring (bicyclic) bond motifs is 1. The van der Waals surface area contributed by atoms with Crippen molar-refractivity contribution in [3.05, 3.63) is 28.6 Å². The SMILES string of the molecule is COc1cc2cc(=O)[nH]c(O)c2cc1OC. The summed E-state index contributed by atoms with van der Waals surface area (Å²) in [5, 5.41) is 10.7. The highest BCUT2D eigenvalue weighted by molar-refractivity contribution is 5.89. The zero-order valence-electron chi connectivity index (χ0n) is 8.90. The third-order valence-electron chi connectivity index (χ3n) is 2.34. The van der Waals surface area contributed by atoms with E-state index in [2.05, 4.69) is 4.98 Å². The van der Waals surface area contributed by atoms with Crippen LogP contribution in [0, 0.1) is 0 Å². The number of hydrogen-bond donors (Lipinski definition) is 2. The Labute approximate surface area is 91.2 Å². The molecule has 0 bridgehead atoms. The monoisotopic (exact) mass is 221 g/mol. The lowest BCUT2D eigenvalue weighted by Crippen LogP contribution is -2.03. The Morgan fingerprint density at radius 2 is 1.75 bits per heavy atom. The number of rotatable bonds is 2. The first kappa shape index (κ1) is 10.4. The second-order valence-corrected chi connectivity index (χ2v) is 3.28. The summed E-state index contributed by atoms with van der Waals surface area (Å²) >= 11 is 0. The van der Waals surface area contributed by atoms with Crippen LogP contribution in [0.25, 0.3) is 10.8 Å². The number of pyridine rings is 1. The number of nitrogens with one attached hydrogen (secondary N) is 1. The molecule has 0 fully saturated rings. The maximum Gasteiger partial charge on any atom is 0.251 e. The Balaban J connectivity index is 2.83. The van der Waals surface area contributed by atoms with Gasteiger partial charge in [-0.3, -0.25) is 9.78 Å². The molecule has 2 aromatic rings. The van der Waals surface area contributed by atoms with E-state index in [9.17, 15) is 9.90 Å². The average molecular weight is 221 g/mol. The summed E-state index contributed by atoms with van der Waals surface area (Å²) in [6, 6.07) is 4.64. The van der Waals surface area contributed by atoms with E-state index in [1.807, 2.05) is 0 Å². The highest BCUT2D eigenvalue weighted by Crippen LogP contribution is 2.33. The van der Waals surface area contributed by atoms with Gasteiger partial charge in [-0.2, -0.15) is 0 Å². The van der Waals surface area contributed by atoms with Gasteiger partial charge in [0.15, 0.2) is 17.4 Å². The number of hydrogen-bond acceptors (Lipinski definition) is 4. The third kappa shape index (κ3) is 1.56. The Morgan fingerprint density at radius 1 is 1.12 bits per heavy atom. The van der Waals surface area contributed by atoms with Crippen molar-refractivity contribution >= 4 is 10.8 Å². The maximum atomic E-state index is 11.2. The molecule has 0 aliphatic rings. The molecule has 2 rings (SSSR count). The van der Waals surface area contributed by atoms with Crippen LogP contribution in [-0.2, 0) is 0 Å². The lowest BCUT2D eigenvalue weighted by Gasteiger charge is -2.09. The van der Waals surface area contributed by atoms with Gasteiger partial charge in [-0.15, -0.1) is 0 Å². The fourth-order valence-electron chi connectivity index (χ4n) is 1.58. The molecule has 0 aliphatic heterocycles. The van der Waals surface area contributed by atoms with Crippen molar-refractivity contribution in [2.45, 2.75) is 0 Å². The molecule has 0 amide bonds. The summed E-state index contributed by atoms with van der Waals surface area (Å²) in [5.41, 5.74) is -0.364. The first-order valence-corrected chi connectivity index (χ1v) is 4.63. The van der Waals surface area contributed by atoms with Crippen LogP contribution < -0.4 is 15.0 Å². The Morgan fingerprint density at radius 3 is 2.38 bits per heavy atom. The van der Waals surface area contributed by atoms with E-state index in [1.54, 1.807) is 12.1 Å². The van der Waals surface area contributed by atoms with Gasteiger partial charge >= 0.3 is 0 Å². The molecule has 0 radical (unpaired) electrons. The Kier molecular flexibility index (Phi) is 2.44. The second kappa shape index (κ2) is 3.77. The molecule has 0 saturated carbocycles. The van der Waals surface area contributed by atoms with Crippen molar-refractivity contribution in [3.8, 4) is 17.4 Å². The van der Waals surface area contributed by atoms with Crippen LogP contribution in [0.15, 0.2) is 23.0 Å². The minimum Gasteiger partial charge on any atom is -0.494 e. The molecule has 2 N–H and O–H groups in total.